The lowest BCUT2D eigenvalue weighted by Gasteiger charge is -2.26. The van der Waals surface area contributed by atoms with Crippen molar-refractivity contribution in [3.05, 3.63) is 35.4 Å². The van der Waals surface area contributed by atoms with E-state index in [0.29, 0.717) is 6.04 Å². The molecule has 19 heavy (non-hydrogen) atoms. The lowest BCUT2D eigenvalue weighted by Crippen LogP contribution is -2.45. The molecule has 0 aromatic heterocycles. The maximum atomic E-state index is 12.0. The Morgan fingerprint density at radius 3 is 2.79 bits per heavy atom. The van der Waals surface area contributed by atoms with Crippen molar-refractivity contribution in [2.45, 2.75) is 45.2 Å². The van der Waals surface area contributed by atoms with Gasteiger partial charge in [0.15, 0.2) is 0 Å². The number of hydrogen-bond donors (Lipinski definition) is 1. The van der Waals surface area contributed by atoms with Crippen LogP contribution >= 0.6 is 12.4 Å². The summed E-state index contributed by atoms with van der Waals surface area (Å²) in [5.74, 6) is 0.0890. The number of hydrogen-bond acceptors (Lipinski definition) is 2. The van der Waals surface area contributed by atoms with E-state index in [-0.39, 0.29) is 24.4 Å². The third-order valence-electron chi connectivity index (χ3n) is 3.77. The molecule has 0 bridgehead atoms. The van der Waals surface area contributed by atoms with E-state index in [1.54, 1.807) is 6.92 Å². The third-order valence-corrected chi connectivity index (χ3v) is 3.77. The number of benzene rings is 1. The van der Waals surface area contributed by atoms with Crippen molar-refractivity contribution in [3.8, 4) is 0 Å². The van der Waals surface area contributed by atoms with E-state index in [9.17, 15) is 4.79 Å². The van der Waals surface area contributed by atoms with Crippen LogP contribution in [0.5, 0.6) is 0 Å². The Kier molecular flexibility index (Phi) is 5.83. The molecule has 4 heteroatoms. The normalized spacial score (nSPS) is 19.9. The van der Waals surface area contributed by atoms with Gasteiger partial charge in [0.1, 0.15) is 0 Å². The molecule has 1 heterocycles. The Morgan fingerprint density at radius 2 is 2.16 bits per heavy atom. The van der Waals surface area contributed by atoms with E-state index >= 15 is 0 Å². The van der Waals surface area contributed by atoms with Crippen LogP contribution in [0.1, 0.15) is 30.9 Å². The molecule has 1 aliphatic rings. The first-order chi connectivity index (χ1) is 8.59. The van der Waals surface area contributed by atoms with Crippen molar-refractivity contribution >= 4 is 18.3 Å². The molecular formula is C15H23ClN2O. The summed E-state index contributed by atoms with van der Waals surface area (Å²) in [6.07, 6.45) is 3.13. The number of carbonyl (C=O) groups excluding carboxylic acids is 1. The highest BCUT2D eigenvalue weighted by molar-refractivity contribution is 5.85. The lowest BCUT2D eigenvalue weighted by atomic mass is 9.99. The molecule has 1 amide bonds. The van der Waals surface area contributed by atoms with Crippen molar-refractivity contribution < 1.29 is 4.79 Å². The van der Waals surface area contributed by atoms with Crippen molar-refractivity contribution in [2.75, 3.05) is 6.54 Å². The molecule has 3 nitrogen and oxygen atoms in total. The Morgan fingerprint density at radius 1 is 1.47 bits per heavy atom. The minimum Gasteiger partial charge on any atom is -0.338 e. The van der Waals surface area contributed by atoms with E-state index < -0.39 is 0 Å². The first kappa shape index (κ1) is 16.0. The van der Waals surface area contributed by atoms with Gasteiger partial charge in [-0.15, -0.1) is 12.4 Å². The van der Waals surface area contributed by atoms with Crippen molar-refractivity contribution in [1.29, 1.82) is 0 Å². The zero-order valence-electron chi connectivity index (χ0n) is 11.6. The van der Waals surface area contributed by atoms with E-state index in [1.165, 1.54) is 11.1 Å². The van der Waals surface area contributed by atoms with Crippen LogP contribution in [0.4, 0.5) is 0 Å². The molecule has 1 aromatic carbocycles. The maximum absolute atomic E-state index is 12.0. The summed E-state index contributed by atoms with van der Waals surface area (Å²) in [6.45, 7) is 4.75. The van der Waals surface area contributed by atoms with Crippen LogP contribution in [0, 0.1) is 6.92 Å². The van der Waals surface area contributed by atoms with Gasteiger partial charge in [0.05, 0.1) is 6.04 Å². The molecule has 1 saturated heterocycles. The average molecular weight is 283 g/mol. The second-order valence-electron chi connectivity index (χ2n) is 5.25. The highest BCUT2D eigenvalue weighted by atomic mass is 35.5. The minimum absolute atomic E-state index is 0. The molecule has 2 rings (SSSR count). The van der Waals surface area contributed by atoms with Crippen molar-refractivity contribution in [2.24, 2.45) is 5.73 Å². The standard InChI is InChI=1S/C15H22N2O.ClH/c1-11-6-3-4-7-13(11)10-14-8-5-9-17(14)15(18)12(2)16;/h3-4,6-7,12,14H,5,8-10,16H2,1-2H3;1H/t12-,14?;/m1./s1. The molecule has 1 unspecified atom stereocenters. The number of nitrogens with zero attached hydrogens (tertiary/aromatic N) is 1. The molecule has 106 valence electrons. The molecule has 1 aliphatic heterocycles. The molecule has 0 radical (unpaired) electrons. The number of amides is 1. The zero-order chi connectivity index (χ0) is 13.1. The van der Waals surface area contributed by atoms with Gasteiger partial charge in [-0.1, -0.05) is 24.3 Å². The molecule has 1 fully saturated rings. The maximum Gasteiger partial charge on any atom is 0.239 e. The van der Waals surface area contributed by atoms with Gasteiger partial charge in [-0.3, -0.25) is 4.79 Å². The Labute approximate surface area is 121 Å². The summed E-state index contributed by atoms with van der Waals surface area (Å²) in [7, 11) is 0. The van der Waals surface area contributed by atoms with Gasteiger partial charge in [0.25, 0.3) is 0 Å². The van der Waals surface area contributed by atoms with E-state index in [1.807, 2.05) is 4.90 Å². The van der Waals surface area contributed by atoms with E-state index in [2.05, 4.69) is 31.2 Å². The number of aryl methyl sites for hydroxylation is 1. The number of halogens is 1. The van der Waals surface area contributed by atoms with Crippen LogP contribution in [-0.4, -0.2) is 29.4 Å². The molecule has 0 spiro atoms. The fourth-order valence-corrected chi connectivity index (χ4v) is 2.69. The topological polar surface area (TPSA) is 46.3 Å². The first-order valence-corrected chi connectivity index (χ1v) is 6.70. The van der Waals surface area contributed by atoms with Crippen LogP contribution < -0.4 is 5.73 Å². The van der Waals surface area contributed by atoms with Crippen LogP contribution in [0.3, 0.4) is 0 Å². The summed E-state index contributed by atoms with van der Waals surface area (Å²) >= 11 is 0. The van der Waals surface area contributed by atoms with Crippen molar-refractivity contribution in [1.82, 2.24) is 4.90 Å². The summed E-state index contributed by atoms with van der Waals surface area (Å²) in [4.78, 5) is 14.0. The second kappa shape index (κ2) is 6.92. The van der Waals surface area contributed by atoms with Gasteiger partial charge in [0, 0.05) is 12.6 Å². The van der Waals surface area contributed by atoms with Gasteiger partial charge < -0.3 is 10.6 Å². The predicted octanol–water partition coefficient (Wildman–Crippen LogP) is 2.30. The molecule has 0 saturated carbocycles. The monoisotopic (exact) mass is 282 g/mol. The van der Waals surface area contributed by atoms with E-state index in [4.69, 9.17) is 5.73 Å². The second-order valence-corrected chi connectivity index (χ2v) is 5.25. The van der Waals surface area contributed by atoms with E-state index in [0.717, 1.165) is 25.8 Å². The van der Waals surface area contributed by atoms with Gasteiger partial charge in [-0.05, 0) is 44.2 Å². The van der Waals surface area contributed by atoms with Gasteiger partial charge in [-0.2, -0.15) is 0 Å². The lowest BCUT2D eigenvalue weighted by molar-refractivity contribution is -0.132. The quantitative estimate of drug-likeness (QED) is 0.925. The Balaban J connectivity index is 0.00000180. The Hall–Kier alpha value is -1.06. The molecule has 2 atom stereocenters. The zero-order valence-corrected chi connectivity index (χ0v) is 12.5. The van der Waals surface area contributed by atoms with Crippen LogP contribution in [-0.2, 0) is 11.2 Å². The number of nitrogens with two attached hydrogens (primary N) is 1. The minimum atomic E-state index is -0.387. The first-order valence-electron chi connectivity index (χ1n) is 6.70. The van der Waals surface area contributed by atoms with Crippen LogP contribution in [0.15, 0.2) is 24.3 Å². The summed E-state index contributed by atoms with van der Waals surface area (Å²) in [6, 6.07) is 8.34. The van der Waals surface area contributed by atoms with Gasteiger partial charge >= 0.3 is 0 Å². The fraction of sp³-hybridized carbons (Fsp3) is 0.533. The molecule has 2 N–H and O–H groups in total. The van der Waals surface area contributed by atoms with Crippen LogP contribution in [0.25, 0.3) is 0 Å². The van der Waals surface area contributed by atoms with Crippen molar-refractivity contribution in [3.63, 3.8) is 0 Å². The Bertz CT molecular complexity index is 434. The SMILES string of the molecule is Cc1ccccc1CC1CCCN1C(=O)[C@@H](C)N.Cl. The number of rotatable bonds is 3. The third kappa shape index (κ3) is 3.71. The van der Waals surface area contributed by atoms with Gasteiger partial charge in [-0.25, -0.2) is 0 Å². The molecule has 1 aromatic rings. The summed E-state index contributed by atoms with van der Waals surface area (Å²) in [5, 5.41) is 0. The molecule has 0 aliphatic carbocycles. The molecular weight excluding hydrogens is 260 g/mol. The van der Waals surface area contributed by atoms with Crippen LogP contribution in [0.2, 0.25) is 0 Å². The predicted molar refractivity (Wildman–Crippen MR) is 80.5 cm³/mol. The highest BCUT2D eigenvalue weighted by Gasteiger charge is 2.30. The fourth-order valence-electron chi connectivity index (χ4n) is 2.69. The summed E-state index contributed by atoms with van der Waals surface area (Å²) in [5.41, 5.74) is 8.35. The number of carbonyl (C=O) groups is 1. The van der Waals surface area contributed by atoms with Gasteiger partial charge in [0.2, 0.25) is 5.91 Å². The summed E-state index contributed by atoms with van der Waals surface area (Å²) < 4.78 is 0. The smallest absolute Gasteiger partial charge is 0.239 e. The highest BCUT2D eigenvalue weighted by Crippen LogP contribution is 2.23. The average Bonchev–Trinajstić information content (AvgIpc) is 2.79. The largest absolute Gasteiger partial charge is 0.338 e. The number of likely N-dealkylation sites (tertiary alicyclic amines) is 1.